The molecule has 0 aliphatic rings. The number of benzene rings is 1. The van der Waals surface area contributed by atoms with Gasteiger partial charge in [0.2, 0.25) is 0 Å². The number of aliphatic hydroxyl groups is 1. The highest BCUT2D eigenvalue weighted by Gasteiger charge is 2.17. The summed E-state index contributed by atoms with van der Waals surface area (Å²) in [6, 6.07) is 9.89. The van der Waals surface area contributed by atoms with Gasteiger partial charge < -0.3 is 14.8 Å². The van der Waals surface area contributed by atoms with Crippen LogP contribution in [-0.2, 0) is 0 Å². The number of aromatic nitrogens is 1. The lowest BCUT2D eigenvalue weighted by Crippen LogP contribution is -2.24. The number of hydrogen-bond acceptors (Lipinski definition) is 5. The van der Waals surface area contributed by atoms with E-state index in [-0.39, 0.29) is 11.9 Å². The largest absolute Gasteiger partial charge is 0.467 e. The average Bonchev–Trinajstić information content (AvgIpc) is 3.23. The number of thiazole rings is 1. The van der Waals surface area contributed by atoms with Gasteiger partial charge in [0.15, 0.2) is 0 Å². The Morgan fingerprint density at radius 3 is 2.71 bits per heavy atom. The summed E-state index contributed by atoms with van der Waals surface area (Å²) in [4.78, 5) is 5.68. The van der Waals surface area contributed by atoms with Crippen LogP contribution >= 0.6 is 11.3 Å². The zero-order valence-electron chi connectivity index (χ0n) is 13.5. The lowest BCUT2D eigenvalue weighted by Gasteiger charge is -2.15. The van der Waals surface area contributed by atoms with Gasteiger partial charge in [0.1, 0.15) is 22.7 Å². The molecular weight excluding hydrogens is 327 g/mol. The molecule has 2 unspecified atom stereocenters. The van der Waals surface area contributed by atoms with Crippen LogP contribution in [0.5, 0.6) is 0 Å². The van der Waals surface area contributed by atoms with Gasteiger partial charge in [0, 0.05) is 23.0 Å². The first-order valence-corrected chi connectivity index (χ1v) is 8.54. The molecule has 24 heavy (non-hydrogen) atoms. The number of nitrogens with one attached hydrogen (secondary N) is 1. The summed E-state index contributed by atoms with van der Waals surface area (Å²) in [5.41, 5.74) is 1.84. The van der Waals surface area contributed by atoms with Crippen molar-refractivity contribution in [3.05, 3.63) is 64.8 Å². The SMILES string of the molecule is Cc1nc(-c2ccc(F)cc2)sc1C(C)NCC(O)c1ccco1. The van der Waals surface area contributed by atoms with Gasteiger partial charge >= 0.3 is 0 Å². The zero-order chi connectivity index (χ0) is 17.1. The first-order chi connectivity index (χ1) is 11.5. The second-order valence-electron chi connectivity index (χ2n) is 5.64. The molecule has 0 bridgehead atoms. The van der Waals surface area contributed by atoms with Crippen molar-refractivity contribution in [1.82, 2.24) is 10.3 Å². The van der Waals surface area contributed by atoms with Crippen LogP contribution in [0.2, 0.25) is 0 Å². The van der Waals surface area contributed by atoms with Crippen LogP contribution in [0.25, 0.3) is 10.6 Å². The van der Waals surface area contributed by atoms with Crippen LogP contribution < -0.4 is 5.32 Å². The lowest BCUT2D eigenvalue weighted by atomic mass is 10.2. The minimum Gasteiger partial charge on any atom is -0.467 e. The minimum absolute atomic E-state index is 0.0429. The van der Waals surface area contributed by atoms with E-state index in [0.717, 1.165) is 21.1 Å². The summed E-state index contributed by atoms with van der Waals surface area (Å²) < 4.78 is 18.2. The minimum atomic E-state index is -0.688. The fourth-order valence-corrected chi connectivity index (χ4v) is 3.59. The van der Waals surface area contributed by atoms with Gasteiger partial charge in [0.05, 0.1) is 12.0 Å². The van der Waals surface area contributed by atoms with Crippen molar-refractivity contribution in [2.45, 2.75) is 26.0 Å². The number of aryl methyl sites for hydroxylation is 1. The van der Waals surface area contributed by atoms with Crippen molar-refractivity contribution in [1.29, 1.82) is 0 Å². The van der Waals surface area contributed by atoms with E-state index in [2.05, 4.69) is 10.3 Å². The quantitative estimate of drug-likeness (QED) is 0.701. The monoisotopic (exact) mass is 346 g/mol. The Balaban J connectivity index is 1.69. The number of aliphatic hydroxyl groups excluding tert-OH is 1. The van der Waals surface area contributed by atoms with Gasteiger partial charge in [-0.05, 0) is 50.2 Å². The second-order valence-corrected chi connectivity index (χ2v) is 6.67. The summed E-state index contributed by atoms with van der Waals surface area (Å²) in [6.07, 6.45) is 0.858. The Kier molecular flexibility index (Phi) is 5.08. The fourth-order valence-electron chi connectivity index (χ4n) is 2.49. The lowest BCUT2D eigenvalue weighted by molar-refractivity contribution is 0.144. The summed E-state index contributed by atoms with van der Waals surface area (Å²) in [5.74, 6) is 0.289. The van der Waals surface area contributed by atoms with Crippen molar-refractivity contribution in [2.75, 3.05) is 6.54 Å². The fraction of sp³-hybridized carbons (Fsp3) is 0.278. The van der Waals surface area contributed by atoms with E-state index in [0.29, 0.717) is 12.3 Å². The molecule has 3 rings (SSSR count). The van der Waals surface area contributed by atoms with Crippen LogP contribution in [0.4, 0.5) is 4.39 Å². The molecule has 126 valence electrons. The van der Waals surface area contributed by atoms with Crippen molar-refractivity contribution in [3.8, 4) is 10.6 Å². The van der Waals surface area contributed by atoms with Crippen molar-refractivity contribution < 1.29 is 13.9 Å². The number of rotatable bonds is 6. The van der Waals surface area contributed by atoms with E-state index < -0.39 is 6.10 Å². The molecule has 4 nitrogen and oxygen atoms in total. The molecule has 0 aliphatic carbocycles. The number of hydrogen-bond donors (Lipinski definition) is 2. The van der Waals surface area contributed by atoms with Gasteiger partial charge in [-0.15, -0.1) is 11.3 Å². The molecule has 2 atom stereocenters. The Morgan fingerprint density at radius 1 is 1.29 bits per heavy atom. The van der Waals surface area contributed by atoms with Gasteiger partial charge in [-0.1, -0.05) is 0 Å². The van der Waals surface area contributed by atoms with E-state index in [1.54, 1.807) is 41.9 Å². The summed E-state index contributed by atoms with van der Waals surface area (Å²) >= 11 is 1.57. The maximum absolute atomic E-state index is 13.0. The zero-order valence-corrected chi connectivity index (χ0v) is 14.3. The maximum atomic E-state index is 13.0. The standard InChI is InChI=1S/C18H19FN2O2S/c1-11(20-10-15(22)16-4-3-9-23-16)17-12(2)21-18(24-17)13-5-7-14(19)8-6-13/h3-9,11,15,20,22H,10H2,1-2H3. The van der Waals surface area contributed by atoms with E-state index in [1.165, 1.54) is 12.1 Å². The predicted molar refractivity (Wildman–Crippen MR) is 92.3 cm³/mol. The van der Waals surface area contributed by atoms with Gasteiger partial charge in [0.25, 0.3) is 0 Å². The molecule has 0 spiro atoms. The first-order valence-electron chi connectivity index (χ1n) is 7.72. The molecule has 0 aliphatic heterocycles. The highest BCUT2D eigenvalue weighted by Crippen LogP contribution is 2.32. The first kappa shape index (κ1) is 16.8. The molecule has 0 saturated heterocycles. The number of furan rings is 1. The molecule has 0 amide bonds. The van der Waals surface area contributed by atoms with Gasteiger partial charge in [-0.2, -0.15) is 0 Å². The second kappa shape index (κ2) is 7.25. The third-order valence-corrected chi connectivity index (χ3v) is 5.20. The molecule has 0 saturated carbocycles. The predicted octanol–water partition coefficient (Wildman–Crippen LogP) is 4.23. The van der Waals surface area contributed by atoms with Crippen molar-refractivity contribution >= 4 is 11.3 Å². The van der Waals surface area contributed by atoms with Crippen molar-refractivity contribution in [3.63, 3.8) is 0 Å². The van der Waals surface area contributed by atoms with Crippen LogP contribution in [0.1, 0.15) is 35.4 Å². The smallest absolute Gasteiger partial charge is 0.133 e. The third kappa shape index (κ3) is 3.72. The molecular formula is C18H19FN2O2S. The molecule has 6 heteroatoms. The highest BCUT2D eigenvalue weighted by atomic mass is 32.1. The number of nitrogens with zero attached hydrogens (tertiary/aromatic N) is 1. The Morgan fingerprint density at radius 2 is 2.04 bits per heavy atom. The summed E-state index contributed by atoms with van der Waals surface area (Å²) in [5, 5.41) is 14.2. The van der Waals surface area contributed by atoms with Gasteiger partial charge in [-0.3, -0.25) is 0 Å². The van der Waals surface area contributed by atoms with E-state index >= 15 is 0 Å². The highest BCUT2D eigenvalue weighted by molar-refractivity contribution is 7.15. The normalized spacial score (nSPS) is 13.8. The number of halogens is 1. The molecule has 2 aromatic heterocycles. The maximum Gasteiger partial charge on any atom is 0.133 e. The molecule has 2 heterocycles. The van der Waals surface area contributed by atoms with E-state index in [4.69, 9.17) is 4.42 Å². The molecule has 1 aromatic carbocycles. The van der Waals surface area contributed by atoms with Crippen molar-refractivity contribution in [2.24, 2.45) is 0 Å². The van der Waals surface area contributed by atoms with Crippen LogP contribution in [0, 0.1) is 12.7 Å². The van der Waals surface area contributed by atoms with E-state index in [1.807, 2.05) is 13.8 Å². The molecule has 0 radical (unpaired) electrons. The third-order valence-electron chi connectivity index (χ3n) is 3.81. The molecule has 3 aromatic rings. The summed E-state index contributed by atoms with van der Waals surface area (Å²) in [7, 11) is 0. The molecule has 0 fully saturated rings. The van der Waals surface area contributed by atoms with E-state index in [9.17, 15) is 9.50 Å². The summed E-state index contributed by atoms with van der Waals surface area (Å²) in [6.45, 7) is 4.38. The Bertz CT molecular complexity index is 784. The average molecular weight is 346 g/mol. The van der Waals surface area contributed by atoms with Crippen LogP contribution in [0.15, 0.2) is 47.1 Å². The Labute approximate surface area is 144 Å². The van der Waals surface area contributed by atoms with Crippen LogP contribution in [-0.4, -0.2) is 16.6 Å². The Hall–Kier alpha value is -2.02. The topological polar surface area (TPSA) is 58.3 Å². The molecule has 2 N–H and O–H groups in total. The van der Waals surface area contributed by atoms with Crippen LogP contribution in [0.3, 0.4) is 0 Å². The van der Waals surface area contributed by atoms with Gasteiger partial charge in [-0.25, -0.2) is 9.37 Å².